The van der Waals surface area contributed by atoms with Crippen LogP contribution in [0.2, 0.25) is 0 Å². The fourth-order valence-corrected chi connectivity index (χ4v) is 2.68. The Balaban J connectivity index is 1.60. The minimum Gasteiger partial charge on any atom is -0.494 e. The average Bonchev–Trinajstić information content (AvgIpc) is 2.58. The molecule has 2 rings (SSSR count). The molecule has 0 bridgehead atoms. The predicted molar refractivity (Wildman–Crippen MR) is 88.2 cm³/mol. The van der Waals surface area contributed by atoms with Crippen LogP contribution in [-0.4, -0.2) is 57.2 Å². The van der Waals surface area contributed by atoms with Gasteiger partial charge in [0.25, 0.3) is 0 Å². The number of halogens is 1. The Morgan fingerprint density at radius 2 is 2.17 bits per heavy atom. The number of amides is 1. The first-order chi connectivity index (χ1) is 11.2. The van der Waals surface area contributed by atoms with Crippen molar-refractivity contribution in [2.24, 2.45) is 0 Å². The first-order valence-electron chi connectivity index (χ1n) is 8.21. The molecular weight excluding hydrogens is 297 g/mol. The number of rotatable bonds is 8. The van der Waals surface area contributed by atoms with E-state index in [0.717, 1.165) is 44.7 Å². The van der Waals surface area contributed by atoms with E-state index in [1.807, 2.05) is 0 Å². The van der Waals surface area contributed by atoms with Gasteiger partial charge in [0.2, 0.25) is 5.91 Å². The number of hydrogen-bond acceptors (Lipinski definition) is 4. The molecule has 0 unspecified atom stereocenters. The molecule has 6 heteroatoms. The van der Waals surface area contributed by atoms with E-state index in [1.165, 1.54) is 13.2 Å². The molecule has 0 aromatic heterocycles. The van der Waals surface area contributed by atoms with Gasteiger partial charge in [0, 0.05) is 39.1 Å². The molecule has 1 aliphatic rings. The number of ether oxygens (including phenoxy) is 1. The minimum absolute atomic E-state index is 0.0153. The van der Waals surface area contributed by atoms with Crippen molar-refractivity contribution in [1.82, 2.24) is 15.5 Å². The lowest BCUT2D eigenvalue weighted by Crippen LogP contribution is -2.44. The molecule has 2 N–H and O–H groups in total. The van der Waals surface area contributed by atoms with E-state index >= 15 is 0 Å². The Morgan fingerprint density at radius 1 is 1.39 bits per heavy atom. The molecule has 23 heavy (non-hydrogen) atoms. The molecule has 1 fully saturated rings. The predicted octanol–water partition coefficient (Wildman–Crippen LogP) is 1.18. The summed E-state index contributed by atoms with van der Waals surface area (Å²) in [5, 5.41) is 6.25. The third kappa shape index (κ3) is 6.15. The van der Waals surface area contributed by atoms with E-state index in [9.17, 15) is 9.18 Å². The highest BCUT2D eigenvalue weighted by molar-refractivity contribution is 5.76. The van der Waals surface area contributed by atoms with E-state index in [0.29, 0.717) is 19.4 Å². The quantitative estimate of drug-likeness (QED) is 0.706. The summed E-state index contributed by atoms with van der Waals surface area (Å²) in [5.41, 5.74) is 0.805. The summed E-state index contributed by atoms with van der Waals surface area (Å²) in [5.74, 6) is -0.144. The average molecular weight is 323 g/mol. The Bertz CT molecular complexity index is 505. The van der Waals surface area contributed by atoms with Crippen LogP contribution in [0.15, 0.2) is 18.2 Å². The number of benzene rings is 1. The topological polar surface area (TPSA) is 53.6 Å². The summed E-state index contributed by atoms with van der Waals surface area (Å²) in [6.45, 7) is 5.97. The van der Waals surface area contributed by atoms with Crippen molar-refractivity contribution in [1.29, 1.82) is 0 Å². The normalized spacial score (nSPS) is 15.4. The van der Waals surface area contributed by atoms with Crippen molar-refractivity contribution >= 4 is 5.91 Å². The van der Waals surface area contributed by atoms with Gasteiger partial charge in [-0.05, 0) is 37.1 Å². The standard InChI is InChI=1S/C17H26FN3O2/c1-23-16-5-3-14(13-15(16)18)4-6-17(22)20-7-2-10-21-11-8-19-9-12-21/h3,5,13,19H,2,4,6-12H2,1H3,(H,20,22). The molecule has 1 amide bonds. The van der Waals surface area contributed by atoms with E-state index < -0.39 is 0 Å². The summed E-state index contributed by atoms with van der Waals surface area (Å²) < 4.78 is 18.4. The highest BCUT2D eigenvalue weighted by atomic mass is 19.1. The first-order valence-corrected chi connectivity index (χ1v) is 8.21. The van der Waals surface area contributed by atoms with Crippen LogP contribution in [-0.2, 0) is 11.2 Å². The van der Waals surface area contributed by atoms with Crippen molar-refractivity contribution in [3.63, 3.8) is 0 Å². The zero-order chi connectivity index (χ0) is 16.5. The number of nitrogens with one attached hydrogen (secondary N) is 2. The molecule has 1 saturated heterocycles. The molecule has 0 atom stereocenters. The number of carbonyl (C=O) groups excluding carboxylic acids is 1. The molecule has 5 nitrogen and oxygen atoms in total. The van der Waals surface area contributed by atoms with E-state index in [1.54, 1.807) is 12.1 Å². The van der Waals surface area contributed by atoms with Gasteiger partial charge in [-0.15, -0.1) is 0 Å². The van der Waals surface area contributed by atoms with Crippen LogP contribution < -0.4 is 15.4 Å². The monoisotopic (exact) mass is 323 g/mol. The van der Waals surface area contributed by atoms with Crippen LogP contribution in [0.25, 0.3) is 0 Å². The van der Waals surface area contributed by atoms with Crippen molar-refractivity contribution in [2.45, 2.75) is 19.3 Å². The molecule has 0 radical (unpaired) electrons. The van der Waals surface area contributed by atoms with E-state index in [2.05, 4.69) is 15.5 Å². The summed E-state index contributed by atoms with van der Waals surface area (Å²) in [7, 11) is 1.44. The second-order valence-electron chi connectivity index (χ2n) is 5.76. The fourth-order valence-electron chi connectivity index (χ4n) is 2.68. The molecule has 0 aliphatic carbocycles. The summed E-state index contributed by atoms with van der Waals surface area (Å²) in [6.07, 6.45) is 1.87. The van der Waals surface area contributed by atoms with Gasteiger partial charge < -0.3 is 20.3 Å². The molecule has 128 valence electrons. The van der Waals surface area contributed by atoms with Crippen LogP contribution in [0.5, 0.6) is 5.75 Å². The summed E-state index contributed by atoms with van der Waals surface area (Å²) in [4.78, 5) is 14.2. The van der Waals surface area contributed by atoms with Gasteiger partial charge in [0.05, 0.1) is 7.11 Å². The second-order valence-corrected chi connectivity index (χ2v) is 5.76. The maximum absolute atomic E-state index is 13.6. The van der Waals surface area contributed by atoms with Gasteiger partial charge in [-0.1, -0.05) is 6.07 Å². The van der Waals surface area contributed by atoms with Gasteiger partial charge >= 0.3 is 0 Å². The highest BCUT2D eigenvalue weighted by Gasteiger charge is 2.09. The minimum atomic E-state index is -0.388. The van der Waals surface area contributed by atoms with Crippen LogP contribution in [0.3, 0.4) is 0 Å². The molecule has 1 heterocycles. The first kappa shape index (κ1) is 17.7. The Labute approximate surface area is 137 Å². The van der Waals surface area contributed by atoms with Crippen LogP contribution in [0.1, 0.15) is 18.4 Å². The Morgan fingerprint density at radius 3 is 2.87 bits per heavy atom. The van der Waals surface area contributed by atoms with Crippen LogP contribution >= 0.6 is 0 Å². The molecular formula is C17H26FN3O2. The lowest BCUT2D eigenvalue weighted by Gasteiger charge is -2.27. The van der Waals surface area contributed by atoms with Gasteiger partial charge in [-0.25, -0.2) is 4.39 Å². The number of nitrogens with zero attached hydrogens (tertiary/aromatic N) is 1. The zero-order valence-corrected chi connectivity index (χ0v) is 13.7. The van der Waals surface area contributed by atoms with Gasteiger partial charge in [0.15, 0.2) is 11.6 Å². The third-order valence-electron chi connectivity index (χ3n) is 4.04. The van der Waals surface area contributed by atoms with Crippen molar-refractivity contribution in [2.75, 3.05) is 46.4 Å². The number of carbonyl (C=O) groups is 1. The zero-order valence-electron chi connectivity index (χ0n) is 13.7. The molecule has 1 aromatic rings. The highest BCUT2D eigenvalue weighted by Crippen LogP contribution is 2.18. The van der Waals surface area contributed by atoms with Crippen molar-refractivity contribution < 1.29 is 13.9 Å². The maximum atomic E-state index is 13.6. The maximum Gasteiger partial charge on any atom is 0.220 e. The third-order valence-corrected chi connectivity index (χ3v) is 4.04. The molecule has 0 spiro atoms. The molecule has 0 saturated carbocycles. The SMILES string of the molecule is COc1ccc(CCC(=O)NCCCN2CCNCC2)cc1F. The summed E-state index contributed by atoms with van der Waals surface area (Å²) in [6, 6.07) is 4.81. The second kappa shape index (κ2) is 9.47. The number of methoxy groups -OCH3 is 1. The summed E-state index contributed by atoms with van der Waals surface area (Å²) >= 11 is 0. The molecule has 1 aromatic carbocycles. The van der Waals surface area contributed by atoms with Crippen LogP contribution in [0, 0.1) is 5.82 Å². The molecule has 1 aliphatic heterocycles. The largest absolute Gasteiger partial charge is 0.494 e. The lowest BCUT2D eigenvalue weighted by molar-refractivity contribution is -0.121. The van der Waals surface area contributed by atoms with Crippen molar-refractivity contribution in [3.05, 3.63) is 29.6 Å². The van der Waals surface area contributed by atoms with Gasteiger partial charge in [-0.2, -0.15) is 0 Å². The number of hydrogen-bond donors (Lipinski definition) is 2. The van der Waals surface area contributed by atoms with Gasteiger partial charge in [0.1, 0.15) is 0 Å². The van der Waals surface area contributed by atoms with E-state index in [-0.39, 0.29) is 17.5 Å². The lowest BCUT2D eigenvalue weighted by atomic mass is 10.1. The van der Waals surface area contributed by atoms with Gasteiger partial charge in [-0.3, -0.25) is 4.79 Å². The smallest absolute Gasteiger partial charge is 0.220 e. The van der Waals surface area contributed by atoms with E-state index in [4.69, 9.17) is 4.74 Å². The number of aryl methyl sites for hydroxylation is 1. The van der Waals surface area contributed by atoms with Crippen molar-refractivity contribution in [3.8, 4) is 5.75 Å². The number of piperazine rings is 1. The fraction of sp³-hybridized carbons (Fsp3) is 0.588. The Hall–Kier alpha value is -1.66. The van der Waals surface area contributed by atoms with Crippen LogP contribution in [0.4, 0.5) is 4.39 Å². The Kier molecular flexibility index (Phi) is 7.29.